The van der Waals surface area contributed by atoms with Crippen molar-refractivity contribution in [2.24, 2.45) is 0 Å². The van der Waals surface area contributed by atoms with Crippen molar-refractivity contribution < 1.29 is 9.53 Å². The molecule has 1 fully saturated rings. The Labute approximate surface area is 179 Å². The number of carbonyl (C=O) groups is 1. The van der Waals surface area contributed by atoms with Crippen LogP contribution in [0.4, 0.5) is 5.69 Å². The van der Waals surface area contributed by atoms with E-state index in [1.807, 2.05) is 23.1 Å². The first-order valence-electron chi connectivity index (χ1n) is 9.72. The molecule has 1 aliphatic rings. The fraction of sp³-hybridized carbons (Fsp3) is 0.261. The van der Waals surface area contributed by atoms with E-state index in [0.717, 1.165) is 31.9 Å². The minimum absolute atomic E-state index is 0.0315. The van der Waals surface area contributed by atoms with E-state index in [2.05, 4.69) is 52.1 Å². The maximum atomic E-state index is 12.9. The number of carbonyl (C=O) groups excluding carboxylic acids is 1. The molecule has 29 heavy (non-hydrogen) atoms. The van der Waals surface area contributed by atoms with Crippen LogP contribution in [0.1, 0.15) is 15.3 Å². The second-order valence-electron chi connectivity index (χ2n) is 6.88. The summed E-state index contributed by atoms with van der Waals surface area (Å²) in [6.45, 7) is 4.67. The van der Waals surface area contributed by atoms with Gasteiger partial charge in [-0.05, 0) is 46.7 Å². The lowest BCUT2D eigenvalue weighted by atomic mass is 10.1. The number of thiophene rings is 2. The molecule has 150 valence electrons. The molecule has 4 rings (SSSR count). The van der Waals surface area contributed by atoms with Gasteiger partial charge < -0.3 is 14.5 Å². The summed E-state index contributed by atoms with van der Waals surface area (Å²) in [7, 11) is 0. The number of ether oxygens (including phenoxy) is 1. The Hall–Kier alpha value is -2.41. The van der Waals surface area contributed by atoms with Crippen molar-refractivity contribution in [1.82, 2.24) is 4.90 Å². The quantitative estimate of drug-likeness (QED) is 0.506. The molecule has 0 unspecified atom stereocenters. The number of anilines is 1. The highest BCUT2D eigenvalue weighted by atomic mass is 32.1. The minimum Gasteiger partial charge on any atom is -0.378 e. The fourth-order valence-electron chi connectivity index (χ4n) is 3.28. The summed E-state index contributed by atoms with van der Waals surface area (Å²) in [6.07, 6.45) is 3.59. The van der Waals surface area contributed by atoms with Gasteiger partial charge in [0.1, 0.15) is 0 Å². The summed E-state index contributed by atoms with van der Waals surface area (Å²) in [6, 6.07) is 16.6. The first-order valence-corrected chi connectivity index (χ1v) is 11.5. The molecule has 1 amide bonds. The Morgan fingerprint density at radius 2 is 1.59 bits per heavy atom. The van der Waals surface area contributed by atoms with Crippen molar-refractivity contribution in [2.75, 3.05) is 31.2 Å². The molecule has 3 heterocycles. The van der Waals surface area contributed by atoms with Gasteiger partial charge in [0.05, 0.1) is 26.3 Å². The third-order valence-electron chi connectivity index (χ3n) is 4.85. The van der Waals surface area contributed by atoms with E-state index in [-0.39, 0.29) is 5.91 Å². The van der Waals surface area contributed by atoms with E-state index >= 15 is 0 Å². The molecular weight excluding hydrogens is 400 g/mol. The van der Waals surface area contributed by atoms with Crippen molar-refractivity contribution >= 4 is 40.3 Å². The largest absolute Gasteiger partial charge is 0.378 e. The highest BCUT2D eigenvalue weighted by Crippen LogP contribution is 2.19. The van der Waals surface area contributed by atoms with E-state index < -0.39 is 0 Å². The van der Waals surface area contributed by atoms with Crippen molar-refractivity contribution in [3.63, 3.8) is 0 Å². The zero-order valence-electron chi connectivity index (χ0n) is 16.2. The first kappa shape index (κ1) is 19.9. The summed E-state index contributed by atoms with van der Waals surface area (Å²) < 4.78 is 5.41. The SMILES string of the molecule is O=C(C=Cc1ccc(N2CCOCC2)cc1)N(Cc1cccs1)Cc1cccs1. The highest BCUT2D eigenvalue weighted by Gasteiger charge is 2.14. The Bertz CT molecular complexity index is 876. The van der Waals surface area contributed by atoms with Crippen LogP contribution in [-0.2, 0) is 22.6 Å². The van der Waals surface area contributed by atoms with Gasteiger partial charge in [0.2, 0.25) is 5.91 Å². The maximum Gasteiger partial charge on any atom is 0.247 e. The van der Waals surface area contributed by atoms with Gasteiger partial charge in [-0.3, -0.25) is 4.79 Å². The van der Waals surface area contributed by atoms with Gasteiger partial charge in [0.25, 0.3) is 0 Å². The number of hydrogen-bond acceptors (Lipinski definition) is 5. The van der Waals surface area contributed by atoms with E-state index in [4.69, 9.17) is 4.74 Å². The van der Waals surface area contributed by atoms with E-state index in [9.17, 15) is 4.79 Å². The normalized spacial score (nSPS) is 14.4. The second kappa shape index (κ2) is 9.87. The van der Waals surface area contributed by atoms with E-state index in [0.29, 0.717) is 13.1 Å². The molecule has 0 N–H and O–H groups in total. The topological polar surface area (TPSA) is 32.8 Å². The smallest absolute Gasteiger partial charge is 0.247 e. The van der Waals surface area contributed by atoms with Crippen LogP contribution in [0.5, 0.6) is 0 Å². The van der Waals surface area contributed by atoms with Crippen LogP contribution in [0.3, 0.4) is 0 Å². The van der Waals surface area contributed by atoms with Crippen molar-refractivity contribution in [1.29, 1.82) is 0 Å². The van der Waals surface area contributed by atoms with Gasteiger partial charge in [-0.15, -0.1) is 22.7 Å². The Kier molecular flexibility index (Phi) is 6.77. The molecule has 1 saturated heterocycles. The molecule has 0 radical (unpaired) electrons. The average Bonchev–Trinajstić information content (AvgIpc) is 3.47. The second-order valence-corrected chi connectivity index (χ2v) is 8.94. The molecule has 0 saturated carbocycles. The van der Waals surface area contributed by atoms with Crippen molar-refractivity contribution in [3.05, 3.63) is 80.7 Å². The van der Waals surface area contributed by atoms with Crippen molar-refractivity contribution in [2.45, 2.75) is 13.1 Å². The summed E-state index contributed by atoms with van der Waals surface area (Å²) >= 11 is 3.37. The molecule has 0 aliphatic carbocycles. The zero-order valence-corrected chi connectivity index (χ0v) is 17.8. The third kappa shape index (κ3) is 5.56. The minimum atomic E-state index is 0.0315. The summed E-state index contributed by atoms with van der Waals surface area (Å²) in [4.78, 5) is 19.5. The number of rotatable bonds is 7. The zero-order chi connectivity index (χ0) is 19.9. The molecule has 1 aromatic carbocycles. The van der Waals surface area contributed by atoms with Gasteiger partial charge in [-0.2, -0.15) is 0 Å². The molecule has 3 aromatic rings. The van der Waals surface area contributed by atoms with Crippen LogP contribution in [-0.4, -0.2) is 37.1 Å². The summed E-state index contributed by atoms with van der Waals surface area (Å²) in [5.41, 5.74) is 2.23. The Morgan fingerprint density at radius 1 is 0.966 bits per heavy atom. The van der Waals surface area contributed by atoms with E-state index in [1.165, 1.54) is 15.4 Å². The molecule has 0 bridgehead atoms. The highest BCUT2D eigenvalue weighted by molar-refractivity contribution is 7.10. The van der Waals surface area contributed by atoms with Gasteiger partial charge in [0.15, 0.2) is 0 Å². The number of morpholine rings is 1. The number of hydrogen-bond donors (Lipinski definition) is 0. The van der Waals surface area contributed by atoms with Crippen LogP contribution in [0.15, 0.2) is 65.4 Å². The van der Waals surface area contributed by atoms with Gasteiger partial charge in [-0.25, -0.2) is 0 Å². The standard InChI is InChI=1S/C23H24N2O2S2/c26-23(25(17-21-3-1-15-28-21)18-22-4-2-16-29-22)10-7-19-5-8-20(9-6-19)24-11-13-27-14-12-24/h1-10,15-16H,11-14,17-18H2. The first-order chi connectivity index (χ1) is 14.3. The molecule has 2 aromatic heterocycles. The lowest BCUT2D eigenvalue weighted by molar-refractivity contribution is -0.127. The molecule has 0 atom stereocenters. The lowest BCUT2D eigenvalue weighted by Crippen LogP contribution is -2.36. The predicted molar refractivity (Wildman–Crippen MR) is 121 cm³/mol. The molecule has 0 spiro atoms. The lowest BCUT2D eigenvalue weighted by Gasteiger charge is -2.28. The third-order valence-corrected chi connectivity index (χ3v) is 6.58. The Balaban J connectivity index is 1.42. The average molecular weight is 425 g/mol. The summed E-state index contributed by atoms with van der Waals surface area (Å²) in [5.74, 6) is 0.0315. The molecular formula is C23H24N2O2S2. The summed E-state index contributed by atoms with van der Waals surface area (Å²) in [5, 5.41) is 4.10. The van der Waals surface area contributed by atoms with Crippen LogP contribution < -0.4 is 4.90 Å². The van der Waals surface area contributed by atoms with E-state index in [1.54, 1.807) is 28.7 Å². The number of amides is 1. The maximum absolute atomic E-state index is 12.9. The molecule has 4 nitrogen and oxygen atoms in total. The van der Waals surface area contributed by atoms with Crippen LogP contribution in [0, 0.1) is 0 Å². The van der Waals surface area contributed by atoms with Crippen molar-refractivity contribution in [3.8, 4) is 0 Å². The number of benzene rings is 1. The molecule has 1 aliphatic heterocycles. The monoisotopic (exact) mass is 424 g/mol. The van der Waals surface area contributed by atoms with Gasteiger partial charge in [-0.1, -0.05) is 24.3 Å². The molecule has 6 heteroatoms. The van der Waals surface area contributed by atoms with Crippen LogP contribution in [0.25, 0.3) is 6.08 Å². The predicted octanol–water partition coefficient (Wildman–Crippen LogP) is 4.89. The number of nitrogens with zero attached hydrogens (tertiary/aromatic N) is 2. The van der Waals surface area contributed by atoms with Gasteiger partial charge in [0, 0.05) is 34.6 Å². The van der Waals surface area contributed by atoms with Crippen LogP contribution in [0.2, 0.25) is 0 Å². The van der Waals surface area contributed by atoms with Crippen LogP contribution >= 0.6 is 22.7 Å². The Morgan fingerprint density at radius 3 is 2.14 bits per heavy atom. The fourth-order valence-corrected chi connectivity index (χ4v) is 4.72. The van der Waals surface area contributed by atoms with Gasteiger partial charge >= 0.3 is 0 Å².